The molecule has 0 bridgehead atoms. The van der Waals surface area contributed by atoms with Crippen molar-refractivity contribution < 1.29 is 9.90 Å². The van der Waals surface area contributed by atoms with Crippen LogP contribution in [-0.2, 0) is 0 Å². The van der Waals surface area contributed by atoms with Crippen LogP contribution in [0.1, 0.15) is 36.4 Å². The number of benzene rings is 2. The van der Waals surface area contributed by atoms with Crippen LogP contribution in [0, 0.1) is 5.41 Å². The van der Waals surface area contributed by atoms with E-state index in [-0.39, 0.29) is 24.1 Å². The second-order valence-corrected chi connectivity index (χ2v) is 7.65. The topological polar surface area (TPSA) is 52.6 Å². The predicted molar refractivity (Wildman–Crippen MR) is 104 cm³/mol. The van der Waals surface area contributed by atoms with E-state index in [1.165, 1.54) is 0 Å². The van der Waals surface area contributed by atoms with Crippen LogP contribution in [-0.4, -0.2) is 36.2 Å². The molecule has 3 rings (SSSR count). The molecule has 4 nitrogen and oxygen atoms in total. The number of carbonyl (C=O) groups is 1. The Morgan fingerprint density at radius 1 is 1.15 bits per heavy atom. The van der Waals surface area contributed by atoms with E-state index in [1.54, 1.807) is 11.9 Å². The molecule has 2 aromatic carbocycles. The van der Waals surface area contributed by atoms with Crippen molar-refractivity contribution in [1.82, 2.24) is 10.2 Å². The molecule has 2 amide bonds. The van der Waals surface area contributed by atoms with Gasteiger partial charge in [-0.2, -0.15) is 0 Å². The fraction of sp³-hybridized carbons (Fsp3) is 0.381. The number of nitrogens with one attached hydrogen (secondary N) is 1. The van der Waals surface area contributed by atoms with Crippen LogP contribution in [0.4, 0.5) is 4.79 Å². The second-order valence-electron chi connectivity index (χ2n) is 7.21. The molecule has 5 heteroatoms. The van der Waals surface area contributed by atoms with Crippen LogP contribution >= 0.6 is 11.6 Å². The number of amides is 2. The minimum atomic E-state index is -0.255. The molecule has 0 heterocycles. The zero-order valence-corrected chi connectivity index (χ0v) is 15.7. The largest absolute Gasteiger partial charge is 0.396 e. The second kappa shape index (κ2) is 8.11. The molecule has 0 spiro atoms. The van der Waals surface area contributed by atoms with Crippen LogP contribution in [0.25, 0.3) is 0 Å². The summed E-state index contributed by atoms with van der Waals surface area (Å²) in [6, 6.07) is 17.0. The van der Waals surface area contributed by atoms with E-state index < -0.39 is 0 Å². The lowest BCUT2D eigenvalue weighted by molar-refractivity contribution is 0.0228. The van der Waals surface area contributed by atoms with Gasteiger partial charge in [0.1, 0.15) is 0 Å². The summed E-state index contributed by atoms with van der Waals surface area (Å²) in [6.07, 6.45) is 3.06. The third-order valence-corrected chi connectivity index (χ3v) is 5.52. The molecule has 1 saturated carbocycles. The Morgan fingerprint density at radius 2 is 1.77 bits per heavy atom. The maximum absolute atomic E-state index is 12.8. The first-order valence-electron chi connectivity index (χ1n) is 8.96. The first kappa shape index (κ1) is 18.7. The van der Waals surface area contributed by atoms with Crippen LogP contribution in [0.15, 0.2) is 54.6 Å². The van der Waals surface area contributed by atoms with Crippen LogP contribution in [0.5, 0.6) is 0 Å². The molecule has 138 valence electrons. The summed E-state index contributed by atoms with van der Waals surface area (Å²) >= 11 is 6.01. The molecule has 0 saturated heterocycles. The van der Waals surface area contributed by atoms with E-state index in [9.17, 15) is 9.90 Å². The van der Waals surface area contributed by atoms with Crippen molar-refractivity contribution in [3.8, 4) is 0 Å². The molecule has 0 radical (unpaired) electrons. The average molecular weight is 373 g/mol. The minimum Gasteiger partial charge on any atom is -0.396 e. The van der Waals surface area contributed by atoms with Crippen LogP contribution in [0.2, 0.25) is 5.02 Å². The molecule has 0 aliphatic heterocycles. The van der Waals surface area contributed by atoms with E-state index in [0.29, 0.717) is 11.6 Å². The van der Waals surface area contributed by atoms with Gasteiger partial charge in [0.2, 0.25) is 0 Å². The van der Waals surface area contributed by atoms with Gasteiger partial charge in [-0.15, -0.1) is 0 Å². The summed E-state index contributed by atoms with van der Waals surface area (Å²) in [5.41, 5.74) is 1.86. The molecule has 2 aromatic rings. The molecule has 2 N–H and O–H groups in total. The van der Waals surface area contributed by atoms with Crippen molar-refractivity contribution in [3.05, 3.63) is 70.7 Å². The Bertz CT molecular complexity index is 724. The number of aliphatic hydroxyl groups is 1. The zero-order valence-electron chi connectivity index (χ0n) is 15.0. The fourth-order valence-electron chi connectivity index (χ4n) is 3.51. The maximum atomic E-state index is 12.8. The summed E-state index contributed by atoms with van der Waals surface area (Å²) < 4.78 is 0. The molecule has 26 heavy (non-hydrogen) atoms. The molecule has 1 atom stereocenters. The quantitative estimate of drug-likeness (QED) is 0.797. The number of urea groups is 1. The van der Waals surface area contributed by atoms with E-state index in [4.69, 9.17) is 11.6 Å². The highest BCUT2D eigenvalue weighted by atomic mass is 35.5. The third kappa shape index (κ3) is 4.19. The zero-order chi connectivity index (χ0) is 18.6. The fourth-order valence-corrected chi connectivity index (χ4v) is 3.64. The molecule has 1 aliphatic rings. The van der Waals surface area contributed by atoms with Gasteiger partial charge in [-0.3, -0.25) is 0 Å². The molecule has 0 aromatic heterocycles. The highest BCUT2D eigenvalue weighted by molar-refractivity contribution is 6.30. The van der Waals surface area contributed by atoms with Crippen LogP contribution < -0.4 is 5.32 Å². The first-order valence-corrected chi connectivity index (χ1v) is 9.34. The Labute approximate surface area is 159 Å². The van der Waals surface area contributed by atoms with Crippen molar-refractivity contribution in [3.63, 3.8) is 0 Å². The van der Waals surface area contributed by atoms with Gasteiger partial charge < -0.3 is 15.3 Å². The van der Waals surface area contributed by atoms with Gasteiger partial charge in [0, 0.05) is 24.0 Å². The highest BCUT2D eigenvalue weighted by Crippen LogP contribution is 2.40. The predicted octanol–water partition coefficient (Wildman–Crippen LogP) is 4.23. The van der Waals surface area contributed by atoms with Gasteiger partial charge in [0.05, 0.1) is 12.6 Å². The monoisotopic (exact) mass is 372 g/mol. The Hall–Kier alpha value is -2.04. The van der Waals surface area contributed by atoms with Gasteiger partial charge in [0.25, 0.3) is 0 Å². The number of halogens is 1. The smallest absolute Gasteiger partial charge is 0.317 e. The van der Waals surface area contributed by atoms with Gasteiger partial charge in [0.15, 0.2) is 0 Å². The number of nitrogens with zero attached hydrogens (tertiary/aromatic N) is 1. The SMILES string of the molecule is CN(CC1(CO)CCC1)C(=O)NC(c1ccccc1)c1ccc(Cl)cc1. The van der Waals surface area contributed by atoms with Crippen molar-refractivity contribution >= 4 is 17.6 Å². The van der Waals surface area contributed by atoms with Gasteiger partial charge in [-0.25, -0.2) is 4.79 Å². The number of aliphatic hydroxyl groups excluding tert-OH is 1. The van der Waals surface area contributed by atoms with Crippen LogP contribution in [0.3, 0.4) is 0 Å². The molecule has 1 aliphatic carbocycles. The summed E-state index contributed by atoms with van der Waals surface area (Å²) in [4.78, 5) is 14.5. The molecule has 1 fully saturated rings. The lowest BCUT2D eigenvalue weighted by atomic mass is 9.69. The first-order chi connectivity index (χ1) is 12.5. The number of rotatable bonds is 6. The lowest BCUT2D eigenvalue weighted by Gasteiger charge is -2.43. The Kier molecular flexibility index (Phi) is 5.84. The summed E-state index contributed by atoms with van der Waals surface area (Å²) in [6.45, 7) is 0.696. The number of hydrogen-bond donors (Lipinski definition) is 2. The van der Waals surface area contributed by atoms with E-state index in [2.05, 4.69) is 5.32 Å². The summed E-state index contributed by atoms with van der Waals surface area (Å²) in [5, 5.41) is 13.5. The van der Waals surface area contributed by atoms with Crippen molar-refractivity contribution in [2.75, 3.05) is 20.2 Å². The summed E-state index contributed by atoms with van der Waals surface area (Å²) in [7, 11) is 1.79. The third-order valence-electron chi connectivity index (χ3n) is 5.27. The Morgan fingerprint density at radius 3 is 2.31 bits per heavy atom. The summed E-state index contributed by atoms with van der Waals surface area (Å²) in [5.74, 6) is 0. The molecular formula is C21H25ClN2O2. The van der Waals surface area contributed by atoms with Crippen molar-refractivity contribution in [1.29, 1.82) is 0 Å². The normalized spacial score (nSPS) is 16.4. The molecular weight excluding hydrogens is 348 g/mol. The maximum Gasteiger partial charge on any atom is 0.317 e. The van der Waals surface area contributed by atoms with E-state index in [0.717, 1.165) is 30.4 Å². The standard InChI is InChI=1S/C21H25ClN2O2/c1-24(14-21(15-25)12-5-13-21)20(26)23-19(16-6-3-2-4-7-16)17-8-10-18(22)11-9-17/h2-4,6-11,19,25H,5,12-15H2,1H3,(H,23,26). The minimum absolute atomic E-state index is 0.129. The lowest BCUT2D eigenvalue weighted by Crippen LogP contribution is -2.49. The van der Waals surface area contributed by atoms with E-state index in [1.807, 2.05) is 54.6 Å². The Balaban J connectivity index is 1.77. The van der Waals surface area contributed by atoms with Gasteiger partial charge in [-0.05, 0) is 36.1 Å². The highest BCUT2D eigenvalue weighted by Gasteiger charge is 2.38. The van der Waals surface area contributed by atoms with E-state index >= 15 is 0 Å². The number of hydrogen-bond acceptors (Lipinski definition) is 2. The molecule has 1 unspecified atom stereocenters. The van der Waals surface area contributed by atoms with Gasteiger partial charge in [-0.1, -0.05) is 60.5 Å². The van der Waals surface area contributed by atoms with Crippen molar-refractivity contribution in [2.24, 2.45) is 5.41 Å². The van der Waals surface area contributed by atoms with Crippen molar-refractivity contribution in [2.45, 2.75) is 25.3 Å². The van der Waals surface area contributed by atoms with Gasteiger partial charge >= 0.3 is 6.03 Å². The number of carbonyl (C=O) groups excluding carboxylic acids is 1. The average Bonchev–Trinajstić information content (AvgIpc) is 2.64.